The van der Waals surface area contributed by atoms with E-state index in [0.717, 1.165) is 25.2 Å². The summed E-state index contributed by atoms with van der Waals surface area (Å²) >= 11 is 0. The molecule has 1 unspecified atom stereocenters. The molecule has 0 aliphatic heterocycles. The van der Waals surface area contributed by atoms with Gasteiger partial charge in [-0.1, -0.05) is 63.1 Å². The van der Waals surface area contributed by atoms with E-state index in [4.69, 9.17) is 10.5 Å². The minimum absolute atomic E-state index is 0.174. The Morgan fingerprint density at radius 1 is 1.05 bits per heavy atom. The molecule has 2 heteroatoms. The molecule has 0 radical (unpaired) electrons. The van der Waals surface area contributed by atoms with Crippen molar-refractivity contribution in [1.82, 2.24) is 0 Å². The van der Waals surface area contributed by atoms with Gasteiger partial charge in [0, 0.05) is 6.04 Å². The summed E-state index contributed by atoms with van der Waals surface area (Å²) in [4.78, 5) is 0. The second-order valence-corrected chi connectivity index (χ2v) is 6.26. The fraction of sp³-hybridized carbons (Fsp3) is 0.684. The third-order valence-electron chi connectivity index (χ3n) is 3.76. The fourth-order valence-electron chi connectivity index (χ4n) is 2.60. The Balaban J connectivity index is 2.28. The average molecular weight is 291 g/mol. The van der Waals surface area contributed by atoms with Crippen LogP contribution in [0.25, 0.3) is 0 Å². The predicted octanol–water partition coefficient (Wildman–Crippen LogP) is 5.01. The molecule has 0 saturated heterocycles. The number of rotatable bonds is 11. The van der Waals surface area contributed by atoms with E-state index in [0.29, 0.717) is 0 Å². The van der Waals surface area contributed by atoms with E-state index < -0.39 is 0 Å². The van der Waals surface area contributed by atoms with Crippen LogP contribution in [-0.2, 0) is 6.42 Å². The summed E-state index contributed by atoms with van der Waals surface area (Å²) in [5.41, 5.74) is 8.44. The van der Waals surface area contributed by atoms with Crippen LogP contribution in [0.1, 0.15) is 69.9 Å². The van der Waals surface area contributed by atoms with Gasteiger partial charge in [0.25, 0.3) is 0 Å². The van der Waals surface area contributed by atoms with Crippen LogP contribution in [0.4, 0.5) is 0 Å². The third-order valence-corrected chi connectivity index (χ3v) is 3.76. The normalized spacial score (nSPS) is 12.4. The molecule has 0 aromatic heterocycles. The first-order valence-corrected chi connectivity index (χ1v) is 8.61. The fourth-order valence-corrected chi connectivity index (χ4v) is 2.60. The van der Waals surface area contributed by atoms with Crippen molar-refractivity contribution in [3.05, 3.63) is 29.3 Å². The number of benzene rings is 1. The molecular formula is C19H33NO. The highest BCUT2D eigenvalue weighted by molar-refractivity contribution is 5.37. The van der Waals surface area contributed by atoms with Gasteiger partial charge < -0.3 is 10.5 Å². The van der Waals surface area contributed by atoms with Crippen molar-refractivity contribution >= 4 is 0 Å². The summed E-state index contributed by atoms with van der Waals surface area (Å²) in [6, 6.07) is 6.58. The molecule has 0 heterocycles. The van der Waals surface area contributed by atoms with Gasteiger partial charge in [-0.05, 0) is 38.3 Å². The van der Waals surface area contributed by atoms with E-state index >= 15 is 0 Å². The van der Waals surface area contributed by atoms with Gasteiger partial charge in [-0.25, -0.2) is 0 Å². The van der Waals surface area contributed by atoms with Crippen LogP contribution in [0.3, 0.4) is 0 Å². The van der Waals surface area contributed by atoms with Crippen molar-refractivity contribution in [3.8, 4) is 5.75 Å². The zero-order valence-corrected chi connectivity index (χ0v) is 14.2. The maximum absolute atomic E-state index is 5.97. The Kier molecular flexibility index (Phi) is 9.16. The maximum atomic E-state index is 5.97. The Bertz CT molecular complexity index is 387. The summed E-state index contributed by atoms with van der Waals surface area (Å²) in [5.74, 6) is 1.02. The monoisotopic (exact) mass is 291 g/mol. The first kappa shape index (κ1) is 18.0. The summed E-state index contributed by atoms with van der Waals surface area (Å²) in [5, 5.41) is 0. The Morgan fingerprint density at radius 3 is 2.38 bits per heavy atom. The van der Waals surface area contributed by atoms with E-state index in [1.807, 2.05) is 6.92 Å². The van der Waals surface area contributed by atoms with Crippen LogP contribution >= 0.6 is 0 Å². The van der Waals surface area contributed by atoms with Gasteiger partial charge in [-0.15, -0.1) is 0 Å². The van der Waals surface area contributed by atoms with Crippen LogP contribution in [0, 0.1) is 6.92 Å². The van der Waals surface area contributed by atoms with Crippen LogP contribution in [0.15, 0.2) is 18.2 Å². The third kappa shape index (κ3) is 8.11. The quantitative estimate of drug-likeness (QED) is 0.581. The summed E-state index contributed by atoms with van der Waals surface area (Å²) in [6.07, 6.45) is 10.1. The van der Waals surface area contributed by atoms with Crippen molar-refractivity contribution in [2.45, 2.75) is 78.2 Å². The minimum Gasteiger partial charge on any atom is -0.493 e. The molecule has 2 N–H and O–H groups in total. The van der Waals surface area contributed by atoms with E-state index in [2.05, 4.69) is 32.0 Å². The van der Waals surface area contributed by atoms with Crippen LogP contribution in [-0.4, -0.2) is 12.6 Å². The van der Waals surface area contributed by atoms with E-state index in [1.54, 1.807) is 0 Å². The van der Waals surface area contributed by atoms with Gasteiger partial charge >= 0.3 is 0 Å². The SMILES string of the molecule is CCCCCCCCCOc1ccc(C)cc1CC(C)N. The van der Waals surface area contributed by atoms with Gasteiger partial charge in [-0.2, -0.15) is 0 Å². The second-order valence-electron chi connectivity index (χ2n) is 6.26. The molecule has 0 aliphatic rings. The molecule has 120 valence electrons. The molecule has 2 nitrogen and oxygen atoms in total. The first-order valence-electron chi connectivity index (χ1n) is 8.61. The molecule has 0 spiro atoms. The second kappa shape index (κ2) is 10.7. The van der Waals surface area contributed by atoms with Gasteiger partial charge in [0.15, 0.2) is 0 Å². The van der Waals surface area contributed by atoms with Gasteiger partial charge in [-0.3, -0.25) is 0 Å². The van der Waals surface area contributed by atoms with E-state index in [9.17, 15) is 0 Å². The standard InChI is InChI=1S/C19H33NO/c1-4-5-6-7-8-9-10-13-21-19-12-11-16(2)14-18(19)15-17(3)20/h11-12,14,17H,4-10,13,15,20H2,1-3H3. The molecular weight excluding hydrogens is 258 g/mol. The number of ether oxygens (including phenoxy) is 1. The summed E-state index contributed by atoms with van der Waals surface area (Å²) < 4.78 is 5.97. The zero-order valence-electron chi connectivity index (χ0n) is 14.2. The molecule has 0 amide bonds. The molecule has 0 fully saturated rings. The summed E-state index contributed by atoms with van der Waals surface area (Å²) in [7, 11) is 0. The van der Waals surface area contributed by atoms with Gasteiger partial charge in [0.2, 0.25) is 0 Å². The smallest absolute Gasteiger partial charge is 0.122 e. The lowest BCUT2D eigenvalue weighted by Gasteiger charge is -2.14. The number of aryl methyl sites for hydroxylation is 1. The van der Waals surface area contributed by atoms with Crippen molar-refractivity contribution in [3.63, 3.8) is 0 Å². The van der Waals surface area contributed by atoms with Crippen LogP contribution in [0.2, 0.25) is 0 Å². The molecule has 1 aromatic rings. The maximum Gasteiger partial charge on any atom is 0.122 e. The minimum atomic E-state index is 0.174. The lowest BCUT2D eigenvalue weighted by Crippen LogP contribution is -2.18. The first-order chi connectivity index (χ1) is 10.1. The zero-order chi connectivity index (χ0) is 15.5. The van der Waals surface area contributed by atoms with Gasteiger partial charge in [0.1, 0.15) is 5.75 Å². The highest BCUT2D eigenvalue weighted by Crippen LogP contribution is 2.22. The molecule has 21 heavy (non-hydrogen) atoms. The number of hydrogen-bond acceptors (Lipinski definition) is 2. The van der Waals surface area contributed by atoms with Crippen LogP contribution in [0.5, 0.6) is 5.75 Å². The number of unbranched alkanes of at least 4 members (excludes halogenated alkanes) is 6. The van der Waals surface area contributed by atoms with E-state index in [-0.39, 0.29) is 6.04 Å². The molecule has 0 aliphatic carbocycles. The Labute approximate surface area is 131 Å². The lowest BCUT2D eigenvalue weighted by atomic mass is 10.0. The van der Waals surface area contributed by atoms with Crippen molar-refractivity contribution in [1.29, 1.82) is 0 Å². The molecule has 1 atom stereocenters. The molecule has 1 rings (SSSR count). The van der Waals surface area contributed by atoms with Crippen molar-refractivity contribution in [2.75, 3.05) is 6.61 Å². The van der Waals surface area contributed by atoms with Crippen molar-refractivity contribution in [2.24, 2.45) is 5.73 Å². The van der Waals surface area contributed by atoms with Crippen molar-refractivity contribution < 1.29 is 4.74 Å². The van der Waals surface area contributed by atoms with E-state index in [1.165, 1.54) is 49.7 Å². The Hall–Kier alpha value is -1.02. The number of nitrogens with two attached hydrogens (primary N) is 1. The molecule has 0 bridgehead atoms. The molecule has 0 saturated carbocycles. The average Bonchev–Trinajstić information content (AvgIpc) is 2.43. The predicted molar refractivity (Wildman–Crippen MR) is 92.0 cm³/mol. The topological polar surface area (TPSA) is 35.2 Å². The highest BCUT2D eigenvalue weighted by atomic mass is 16.5. The Morgan fingerprint density at radius 2 is 1.71 bits per heavy atom. The van der Waals surface area contributed by atoms with Crippen LogP contribution < -0.4 is 10.5 Å². The highest BCUT2D eigenvalue weighted by Gasteiger charge is 2.06. The summed E-state index contributed by atoms with van der Waals surface area (Å²) in [6.45, 7) is 7.24. The van der Waals surface area contributed by atoms with Gasteiger partial charge in [0.05, 0.1) is 6.61 Å². The largest absolute Gasteiger partial charge is 0.493 e. The number of hydrogen-bond donors (Lipinski definition) is 1. The lowest BCUT2D eigenvalue weighted by molar-refractivity contribution is 0.301. The molecule has 1 aromatic carbocycles.